The fourth-order valence-corrected chi connectivity index (χ4v) is 3.10. The van der Waals surface area contributed by atoms with Crippen molar-refractivity contribution in [3.63, 3.8) is 0 Å². The normalized spacial score (nSPS) is 14.1. The number of ether oxygens (including phenoxy) is 2. The number of amides is 3. The quantitative estimate of drug-likeness (QED) is 0.878. The summed E-state index contributed by atoms with van der Waals surface area (Å²) < 4.78 is 10.6. The van der Waals surface area contributed by atoms with Crippen molar-refractivity contribution in [3.05, 3.63) is 48.0 Å². The van der Waals surface area contributed by atoms with E-state index in [4.69, 9.17) is 9.47 Å². The summed E-state index contributed by atoms with van der Waals surface area (Å²) in [5.41, 5.74) is 1.76. The topological polar surface area (TPSA) is 71.1 Å². The summed E-state index contributed by atoms with van der Waals surface area (Å²) in [5.74, 6) is 0.543. The first-order chi connectivity index (χ1) is 13.0. The third-order valence-electron chi connectivity index (χ3n) is 4.52. The minimum atomic E-state index is -0.328. The summed E-state index contributed by atoms with van der Waals surface area (Å²) in [6.45, 7) is 1.46. The van der Waals surface area contributed by atoms with Crippen LogP contribution in [0.2, 0.25) is 0 Å². The molecule has 0 spiro atoms. The second-order valence-corrected chi connectivity index (χ2v) is 6.25. The molecule has 2 aromatic rings. The van der Waals surface area contributed by atoms with Crippen molar-refractivity contribution in [1.82, 2.24) is 4.90 Å². The highest BCUT2D eigenvalue weighted by atomic mass is 16.5. The Bertz CT molecular complexity index is 813. The lowest BCUT2D eigenvalue weighted by Gasteiger charge is -2.33. The first-order valence-corrected chi connectivity index (χ1v) is 8.70. The van der Waals surface area contributed by atoms with E-state index in [9.17, 15) is 9.59 Å². The van der Waals surface area contributed by atoms with Crippen molar-refractivity contribution >= 4 is 23.3 Å². The highest BCUT2D eigenvalue weighted by Crippen LogP contribution is 2.29. The third kappa shape index (κ3) is 3.81. The minimum absolute atomic E-state index is 0.0169. The van der Waals surface area contributed by atoms with Crippen LogP contribution in [0.3, 0.4) is 0 Å². The van der Waals surface area contributed by atoms with Gasteiger partial charge in [-0.2, -0.15) is 0 Å². The summed E-state index contributed by atoms with van der Waals surface area (Å²) in [5, 5.41) is 2.84. The van der Waals surface area contributed by atoms with E-state index in [1.165, 1.54) is 14.2 Å². The van der Waals surface area contributed by atoms with E-state index in [1.807, 2.05) is 12.1 Å². The Kier molecular flexibility index (Phi) is 5.49. The molecular weight excluding hydrogens is 346 g/mol. The molecule has 0 saturated carbocycles. The Balaban J connectivity index is 1.77. The van der Waals surface area contributed by atoms with Gasteiger partial charge in [-0.05, 0) is 42.8 Å². The molecule has 7 nitrogen and oxygen atoms in total. The number of benzene rings is 2. The molecule has 1 fully saturated rings. The number of methoxy groups -OCH3 is 2. The summed E-state index contributed by atoms with van der Waals surface area (Å²) >= 11 is 0. The van der Waals surface area contributed by atoms with Gasteiger partial charge in [0.15, 0.2) is 0 Å². The van der Waals surface area contributed by atoms with Crippen LogP contribution in [0, 0.1) is 0 Å². The lowest BCUT2D eigenvalue weighted by molar-refractivity contribution is 0.102. The van der Waals surface area contributed by atoms with Gasteiger partial charge >= 0.3 is 6.03 Å². The zero-order valence-electron chi connectivity index (χ0n) is 15.7. The van der Waals surface area contributed by atoms with Gasteiger partial charge < -0.3 is 19.7 Å². The number of rotatable bonds is 5. The summed E-state index contributed by atoms with van der Waals surface area (Å²) in [4.78, 5) is 28.4. The van der Waals surface area contributed by atoms with Gasteiger partial charge in [-0.25, -0.2) is 4.79 Å². The molecule has 3 amide bonds. The predicted molar refractivity (Wildman–Crippen MR) is 104 cm³/mol. The molecule has 1 aliphatic rings. The summed E-state index contributed by atoms with van der Waals surface area (Å²) in [7, 11) is 4.81. The van der Waals surface area contributed by atoms with E-state index < -0.39 is 0 Å². The zero-order valence-corrected chi connectivity index (χ0v) is 15.7. The number of nitrogens with one attached hydrogen (secondary N) is 1. The van der Waals surface area contributed by atoms with Crippen molar-refractivity contribution in [2.75, 3.05) is 44.6 Å². The zero-order chi connectivity index (χ0) is 19.4. The van der Waals surface area contributed by atoms with Crippen molar-refractivity contribution < 1.29 is 19.1 Å². The second-order valence-electron chi connectivity index (χ2n) is 6.25. The molecule has 0 radical (unpaired) electrons. The van der Waals surface area contributed by atoms with Crippen molar-refractivity contribution in [3.8, 4) is 11.5 Å². The van der Waals surface area contributed by atoms with Crippen molar-refractivity contribution in [2.24, 2.45) is 0 Å². The largest absolute Gasteiger partial charge is 0.496 e. The van der Waals surface area contributed by atoms with E-state index in [0.29, 0.717) is 29.3 Å². The van der Waals surface area contributed by atoms with Crippen LogP contribution < -0.4 is 19.7 Å². The molecule has 1 aliphatic heterocycles. The molecule has 7 heteroatoms. The molecule has 1 saturated heterocycles. The standard InChI is InChI=1S/C20H23N3O4/c1-22-12-5-13-23(20(22)25)15-10-8-14(9-11-15)21-19(24)18-16(26-2)6-4-7-17(18)27-3/h4,6-11H,5,12-13H2,1-3H3,(H,21,24). The van der Waals surface area contributed by atoms with E-state index in [-0.39, 0.29) is 11.9 Å². The highest BCUT2D eigenvalue weighted by molar-refractivity contribution is 6.08. The van der Waals surface area contributed by atoms with Gasteiger partial charge in [0.2, 0.25) is 0 Å². The van der Waals surface area contributed by atoms with Gasteiger partial charge in [-0.3, -0.25) is 9.69 Å². The molecule has 3 rings (SSSR count). The molecule has 142 valence electrons. The van der Waals surface area contributed by atoms with Crippen LogP contribution >= 0.6 is 0 Å². The predicted octanol–water partition coefficient (Wildman–Crippen LogP) is 3.22. The van der Waals surface area contributed by atoms with E-state index >= 15 is 0 Å². The molecule has 0 bridgehead atoms. The van der Waals surface area contributed by atoms with E-state index in [2.05, 4.69) is 5.32 Å². The number of anilines is 2. The number of hydrogen-bond acceptors (Lipinski definition) is 4. The fraction of sp³-hybridized carbons (Fsp3) is 0.300. The Morgan fingerprint density at radius 3 is 2.22 bits per heavy atom. The van der Waals surface area contributed by atoms with Gasteiger partial charge in [0.25, 0.3) is 5.91 Å². The first kappa shape index (κ1) is 18.6. The van der Waals surface area contributed by atoms with Crippen LogP contribution in [0.1, 0.15) is 16.8 Å². The van der Waals surface area contributed by atoms with Crippen molar-refractivity contribution in [1.29, 1.82) is 0 Å². The number of carbonyl (C=O) groups is 2. The van der Waals surface area contributed by atoms with E-state index in [1.54, 1.807) is 47.2 Å². The van der Waals surface area contributed by atoms with Crippen LogP contribution in [0.5, 0.6) is 11.5 Å². The van der Waals surface area contributed by atoms with Crippen LogP contribution in [0.15, 0.2) is 42.5 Å². The van der Waals surface area contributed by atoms with Crippen LogP contribution in [0.4, 0.5) is 16.2 Å². The maximum Gasteiger partial charge on any atom is 0.324 e. The smallest absolute Gasteiger partial charge is 0.324 e. The molecule has 0 unspecified atom stereocenters. The maximum absolute atomic E-state index is 12.7. The minimum Gasteiger partial charge on any atom is -0.496 e. The first-order valence-electron chi connectivity index (χ1n) is 8.70. The average Bonchev–Trinajstić information content (AvgIpc) is 2.70. The molecular formula is C20H23N3O4. The van der Waals surface area contributed by atoms with Gasteiger partial charge in [-0.15, -0.1) is 0 Å². The van der Waals surface area contributed by atoms with Crippen LogP contribution in [-0.4, -0.2) is 51.2 Å². The van der Waals surface area contributed by atoms with Crippen LogP contribution in [-0.2, 0) is 0 Å². The summed E-state index contributed by atoms with van der Waals surface area (Å²) in [6.07, 6.45) is 0.925. The second kappa shape index (κ2) is 7.99. The Labute approximate surface area is 158 Å². The van der Waals surface area contributed by atoms with E-state index in [0.717, 1.165) is 18.7 Å². The van der Waals surface area contributed by atoms with Crippen molar-refractivity contribution in [2.45, 2.75) is 6.42 Å². The SMILES string of the molecule is COc1cccc(OC)c1C(=O)Nc1ccc(N2CCCN(C)C2=O)cc1. The van der Waals surface area contributed by atoms with Gasteiger partial charge in [-0.1, -0.05) is 6.07 Å². The van der Waals surface area contributed by atoms with Gasteiger partial charge in [0.1, 0.15) is 17.1 Å². The number of nitrogens with zero attached hydrogens (tertiary/aromatic N) is 2. The Morgan fingerprint density at radius 2 is 1.63 bits per heavy atom. The highest BCUT2D eigenvalue weighted by Gasteiger charge is 2.24. The maximum atomic E-state index is 12.7. The number of hydrogen-bond donors (Lipinski definition) is 1. The molecule has 27 heavy (non-hydrogen) atoms. The summed E-state index contributed by atoms with van der Waals surface area (Å²) in [6, 6.07) is 12.4. The molecule has 0 aliphatic carbocycles. The van der Waals surface area contributed by atoms with Gasteiger partial charge in [0, 0.05) is 31.5 Å². The monoisotopic (exact) mass is 369 g/mol. The lowest BCUT2D eigenvalue weighted by Crippen LogP contribution is -2.47. The number of urea groups is 1. The molecule has 0 aromatic heterocycles. The molecule has 0 atom stereocenters. The van der Waals surface area contributed by atoms with Crippen LogP contribution in [0.25, 0.3) is 0 Å². The van der Waals surface area contributed by atoms with Gasteiger partial charge in [0.05, 0.1) is 14.2 Å². The third-order valence-corrected chi connectivity index (χ3v) is 4.52. The Hall–Kier alpha value is -3.22. The molecule has 2 aromatic carbocycles. The molecule has 1 N–H and O–H groups in total. The molecule has 1 heterocycles. The average molecular weight is 369 g/mol. The lowest BCUT2D eigenvalue weighted by atomic mass is 10.1. The Morgan fingerprint density at radius 1 is 1.00 bits per heavy atom. The fourth-order valence-electron chi connectivity index (χ4n) is 3.10. The number of carbonyl (C=O) groups excluding carboxylic acids is 2.